The van der Waals surface area contributed by atoms with Gasteiger partial charge in [0.1, 0.15) is 13.2 Å². The number of hydrogen-bond donors (Lipinski definition) is 1. The van der Waals surface area contributed by atoms with Gasteiger partial charge in [-0.05, 0) is 97.3 Å². The van der Waals surface area contributed by atoms with E-state index < -0.39 is 17.1 Å². The number of rotatable bonds is 9. The van der Waals surface area contributed by atoms with E-state index >= 15 is 0 Å². The molecule has 1 aliphatic rings. The molecule has 0 aliphatic carbocycles. The van der Waals surface area contributed by atoms with Gasteiger partial charge in [0.25, 0.3) is 11.1 Å². The van der Waals surface area contributed by atoms with Crippen molar-refractivity contribution >= 4 is 68.1 Å². The number of hydrogen-bond acceptors (Lipinski definition) is 6. The summed E-state index contributed by atoms with van der Waals surface area (Å²) in [5, 5.41) is 2.88. The van der Waals surface area contributed by atoms with Crippen LogP contribution in [0.4, 0.5) is 10.5 Å². The van der Waals surface area contributed by atoms with E-state index in [0.29, 0.717) is 45.5 Å². The minimum Gasteiger partial charge on any atom is -0.490 e. The summed E-state index contributed by atoms with van der Waals surface area (Å²) in [5.41, 5.74) is 4.31. The molecule has 1 heterocycles. The van der Waals surface area contributed by atoms with Crippen molar-refractivity contribution < 1.29 is 23.9 Å². The maximum Gasteiger partial charge on any atom is 0.294 e. The first kappa shape index (κ1) is 28.7. The van der Waals surface area contributed by atoms with Crippen LogP contribution in [-0.4, -0.2) is 35.1 Å². The summed E-state index contributed by atoms with van der Waals surface area (Å²) in [5.74, 6) is 0.0248. The molecule has 3 aromatic carbocycles. The Bertz CT molecular complexity index is 1460. The van der Waals surface area contributed by atoms with Crippen LogP contribution in [0, 0.1) is 13.8 Å². The first-order valence-corrected chi connectivity index (χ1v) is 14.1. The number of ether oxygens (including phenoxy) is 2. The summed E-state index contributed by atoms with van der Waals surface area (Å²) < 4.78 is 12.4. The Morgan fingerprint density at radius 2 is 1.74 bits per heavy atom. The third kappa shape index (κ3) is 7.23. The zero-order valence-electron chi connectivity index (χ0n) is 21.5. The highest BCUT2D eigenvalue weighted by molar-refractivity contribution is 9.10. The van der Waals surface area contributed by atoms with Gasteiger partial charge in [0.05, 0.1) is 11.5 Å². The fourth-order valence-corrected chi connectivity index (χ4v) is 5.12. The van der Waals surface area contributed by atoms with Crippen LogP contribution in [0.15, 0.2) is 64.0 Å². The van der Waals surface area contributed by atoms with Gasteiger partial charge in [-0.25, -0.2) is 0 Å². The normalized spacial score (nSPS) is 14.2. The van der Waals surface area contributed by atoms with Crippen LogP contribution in [-0.2, 0) is 16.2 Å². The highest BCUT2D eigenvalue weighted by Gasteiger charge is 2.36. The lowest BCUT2D eigenvalue weighted by atomic mass is 10.1. The van der Waals surface area contributed by atoms with E-state index in [1.807, 2.05) is 45.0 Å². The maximum atomic E-state index is 13.0. The molecular weight excluding hydrogens is 604 g/mol. The minimum absolute atomic E-state index is 0.206. The minimum atomic E-state index is -0.534. The second kappa shape index (κ2) is 12.7. The van der Waals surface area contributed by atoms with Gasteiger partial charge in [0, 0.05) is 15.2 Å². The predicted octanol–water partition coefficient (Wildman–Crippen LogP) is 7.37. The summed E-state index contributed by atoms with van der Waals surface area (Å²) in [6.07, 6.45) is 1.60. The average molecular weight is 630 g/mol. The zero-order valence-corrected chi connectivity index (χ0v) is 24.7. The Hall–Kier alpha value is -3.27. The summed E-state index contributed by atoms with van der Waals surface area (Å²) in [4.78, 5) is 39.4. The van der Waals surface area contributed by atoms with E-state index in [4.69, 9.17) is 21.1 Å². The smallest absolute Gasteiger partial charge is 0.294 e. The molecule has 0 unspecified atom stereocenters. The first-order valence-electron chi connectivity index (χ1n) is 12.1. The molecule has 1 aliphatic heterocycles. The molecule has 3 amide bonds. The molecule has 0 bridgehead atoms. The van der Waals surface area contributed by atoms with Crippen LogP contribution in [0.5, 0.6) is 11.5 Å². The first-order chi connectivity index (χ1) is 18.6. The molecule has 3 aromatic rings. The summed E-state index contributed by atoms with van der Waals surface area (Å²) >= 11 is 10.3. The number of halogens is 2. The number of thioether (sulfide) groups is 1. The van der Waals surface area contributed by atoms with Crippen molar-refractivity contribution in [3.8, 4) is 11.5 Å². The molecule has 1 saturated heterocycles. The number of benzene rings is 3. The number of aryl methyl sites for hydroxylation is 2. The fourth-order valence-electron chi connectivity index (χ4n) is 3.73. The third-order valence-corrected chi connectivity index (χ3v) is 7.77. The van der Waals surface area contributed by atoms with Gasteiger partial charge in [0.15, 0.2) is 11.5 Å². The molecule has 0 spiro atoms. The van der Waals surface area contributed by atoms with Crippen LogP contribution in [0.25, 0.3) is 6.08 Å². The van der Waals surface area contributed by atoms with Crippen molar-refractivity contribution in [3.63, 3.8) is 0 Å². The number of nitrogens with zero attached hydrogens (tertiary/aromatic N) is 1. The van der Waals surface area contributed by atoms with E-state index in [1.165, 1.54) is 0 Å². The van der Waals surface area contributed by atoms with E-state index in [2.05, 4.69) is 21.2 Å². The number of amides is 3. The molecule has 0 saturated carbocycles. The van der Waals surface area contributed by atoms with Crippen molar-refractivity contribution in [2.24, 2.45) is 0 Å². The van der Waals surface area contributed by atoms with Gasteiger partial charge in [-0.3, -0.25) is 19.3 Å². The quantitative estimate of drug-likeness (QED) is 0.249. The van der Waals surface area contributed by atoms with Crippen molar-refractivity contribution in [2.45, 2.75) is 27.4 Å². The molecule has 7 nitrogen and oxygen atoms in total. The van der Waals surface area contributed by atoms with Crippen molar-refractivity contribution in [2.75, 3.05) is 18.5 Å². The van der Waals surface area contributed by atoms with Gasteiger partial charge in [-0.1, -0.05) is 45.7 Å². The van der Waals surface area contributed by atoms with Crippen LogP contribution < -0.4 is 14.8 Å². The lowest BCUT2D eigenvalue weighted by molar-refractivity contribution is -0.127. The Balaban J connectivity index is 1.48. The van der Waals surface area contributed by atoms with Crippen molar-refractivity contribution in [1.82, 2.24) is 4.90 Å². The Morgan fingerprint density at radius 1 is 1.03 bits per heavy atom. The van der Waals surface area contributed by atoms with Crippen LogP contribution >= 0.6 is 39.3 Å². The van der Waals surface area contributed by atoms with Gasteiger partial charge < -0.3 is 14.8 Å². The van der Waals surface area contributed by atoms with E-state index in [1.54, 1.807) is 36.4 Å². The molecule has 1 fully saturated rings. The zero-order chi connectivity index (χ0) is 28.1. The molecule has 202 valence electrons. The lowest BCUT2D eigenvalue weighted by Gasteiger charge is -2.14. The average Bonchev–Trinajstić information content (AvgIpc) is 3.15. The highest BCUT2D eigenvalue weighted by Crippen LogP contribution is 2.38. The number of nitrogens with one attached hydrogen (secondary N) is 1. The van der Waals surface area contributed by atoms with E-state index in [0.717, 1.165) is 33.4 Å². The largest absolute Gasteiger partial charge is 0.490 e. The van der Waals surface area contributed by atoms with Crippen LogP contribution in [0.1, 0.15) is 29.2 Å². The predicted molar refractivity (Wildman–Crippen MR) is 158 cm³/mol. The molecule has 0 atom stereocenters. The van der Waals surface area contributed by atoms with Crippen LogP contribution in [0.3, 0.4) is 0 Å². The lowest BCUT2D eigenvalue weighted by Crippen LogP contribution is -2.36. The highest BCUT2D eigenvalue weighted by atomic mass is 79.9. The summed E-state index contributed by atoms with van der Waals surface area (Å²) in [7, 11) is 0. The standard InChI is InChI=1S/C29H26BrClN2O5S/c1-4-37-24-12-20(23(30)14-25(24)38-16-19-6-8-21(31)9-7-19)13-26-28(35)33(29(36)39-26)15-27(34)32-22-10-5-17(2)18(3)11-22/h5-14H,4,15-16H2,1-3H3,(H,32,34)/b26-13+. The maximum absolute atomic E-state index is 13.0. The second-order valence-corrected chi connectivity index (χ2v) is 11.1. The molecule has 10 heteroatoms. The molecule has 39 heavy (non-hydrogen) atoms. The third-order valence-electron chi connectivity index (χ3n) is 5.92. The van der Waals surface area contributed by atoms with Gasteiger partial charge in [-0.2, -0.15) is 0 Å². The molecule has 1 N–H and O–H groups in total. The summed E-state index contributed by atoms with van der Waals surface area (Å²) in [6, 6.07) is 16.4. The van der Waals surface area contributed by atoms with Crippen LogP contribution in [0.2, 0.25) is 5.02 Å². The number of carbonyl (C=O) groups is 3. The van der Waals surface area contributed by atoms with E-state index in [9.17, 15) is 14.4 Å². The van der Waals surface area contributed by atoms with Crippen molar-refractivity contribution in [3.05, 3.63) is 91.3 Å². The molecule has 4 rings (SSSR count). The Kier molecular flexibility index (Phi) is 9.37. The monoisotopic (exact) mass is 628 g/mol. The van der Waals surface area contributed by atoms with Gasteiger partial charge in [-0.15, -0.1) is 0 Å². The van der Waals surface area contributed by atoms with Gasteiger partial charge >= 0.3 is 0 Å². The topological polar surface area (TPSA) is 84.9 Å². The van der Waals surface area contributed by atoms with E-state index in [-0.39, 0.29) is 11.4 Å². The Labute approximate surface area is 244 Å². The Morgan fingerprint density at radius 3 is 2.44 bits per heavy atom. The van der Waals surface area contributed by atoms with Crippen molar-refractivity contribution in [1.29, 1.82) is 0 Å². The number of anilines is 1. The SMILES string of the molecule is CCOc1cc(/C=C2/SC(=O)N(CC(=O)Nc3ccc(C)c(C)c3)C2=O)c(Br)cc1OCc1ccc(Cl)cc1. The molecular formula is C29H26BrClN2O5S. The molecule has 0 radical (unpaired) electrons. The molecule has 0 aromatic heterocycles. The number of carbonyl (C=O) groups excluding carboxylic acids is 3. The van der Waals surface area contributed by atoms with Gasteiger partial charge in [0.2, 0.25) is 5.91 Å². The number of imide groups is 1. The second-order valence-electron chi connectivity index (χ2n) is 8.78. The fraction of sp³-hybridized carbons (Fsp3) is 0.207. The summed E-state index contributed by atoms with van der Waals surface area (Å²) in [6.45, 7) is 6.12.